The Kier molecular flexibility index (Phi) is 4.54. The lowest BCUT2D eigenvalue weighted by atomic mass is 10.0. The van der Waals surface area contributed by atoms with Gasteiger partial charge in [0.15, 0.2) is 0 Å². The molecule has 1 atom stereocenters. The van der Waals surface area contributed by atoms with Crippen LogP contribution in [0, 0.1) is 0 Å². The normalized spacial score (nSPS) is 12.0. The summed E-state index contributed by atoms with van der Waals surface area (Å²) in [5.74, 6) is 0.898. The standard InChI is InChI=1S/C19H20N2O/c1-2-6-19(16-7-4-3-5-8-16)22-18-11-9-15(10-12-18)17-13-20-21-14-17/h3-5,7-14,19H,2,6H2,1H3,(H,20,21). The molecule has 22 heavy (non-hydrogen) atoms. The molecule has 1 aromatic heterocycles. The number of hydrogen-bond acceptors (Lipinski definition) is 2. The SMILES string of the molecule is CCCC(Oc1ccc(-c2cn[nH]c2)cc1)c1ccccc1. The molecule has 1 N–H and O–H groups in total. The number of rotatable bonds is 6. The average molecular weight is 292 g/mol. The van der Waals surface area contributed by atoms with Crippen LogP contribution in [-0.4, -0.2) is 10.2 Å². The van der Waals surface area contributed by atoms with Crippen LogP contribution in [0.4, 0.5) is 0 Å². The van der Waals surface area contributed by atoms with E-state index in [0.717, 1.165) is 29.7 Å². The summed E-state index contributed by atoms with van der Waals surface area (Å²) in [4.78, 5) is 0. The maximum Gasteiger partial charge on any atom is 0.124 e. The summed E-state index contributed by atoms with van der Waals surface area (Å²) in [6, 6.07) is 18.6. The van der Waals surface area contributed by atoms with Crippen molar-refractivity contribution in [3.63, 3.8) is 0 Å². The highest BCUT2D eigenvalue weighted by Gasteiger charge is 2.12. The van der Waals surface area contributed by atoms with E-state index in [-0.39, 0.29) is 6.10 Å². The predicted octanol–water partition coefficient (Wildman–Crippen LogP) is 5.00. The largest absolute Gasteiger partial charge is 0.486 e. The zero-order chi connectivity index (χ0) is 15.2. The van der Waals surface area contributed by atoms with E-state index in [1.165, 1.54) is 5.56 Å². The molecule has 2 aromatic carbocycles. The van der Waals surface area contributed by atoms with Crippen LogP contribution < -0.4 is 4.74 Å². The Labute approximate surface area is 131 Å². The fourth-order valence-corrected chi connectivity index (χ4v) is 2.52. The molecule has 3 rings (SSSR count). The van der Waals surface area contributed by atoms with Gasteiger partial charge in [-0.15, -0.1) is 0 Å². The number of aromatic amines is 1. The van der Waals surface area contributed by atoms with E-state index in [1.54, 1.807) is 0 Å². The van der Waals surface area contributed by atoms with Gasteiger partial charge in [0, 0.05) is 11.8 Å². The molecular formula is C19H20N2O. The lowest BCUT2D eigenvalue weighted by molar-refractivity contribution is 0.194. The molecule has 3 nitrogen and oxygen atoms in total. The highest BCUT2D eigenvalue weighted by Crippen LogP contribution is 2.28. The first kappa shape index (κ1) is 14.4. The van der Waals surface area contributed by atoms with Crippen LogP contribution in [0.3, 0.4) is 0 Å². The molecule has 0 radical (unpaired) electrons. The summed E-state index contributed by atoms with van der Waals surface area (Å²) in [6.07, 6.45) is 5.91. The van der Waals surface area contributed by atoms with Gasteiger partial charge >= 0.3 is 0 Å². The first-order valence-electron chi connectivity index (χ1n) is 7.67. The van der Waals surface area contributed by atoms with E-state index in [2.05, 4.69) is 53.5 Å². The van der Waals surface area contributed by atoms with Crippen molar-refractivity contribution in [3.05, 3.63) is 72.6 Å². The number of hydrogen-bond donors (Lipinski definition) is 1. The van der Waals surface area contributed by atoms with Gasteiger partial charge in [0.2, 0.25) is 0 Å². The van der Waals surface area contributed by atoms with E-state index in [1.807, 2.05) is 30.6 Å². The molecule has 1 unspecified atom stereocenters. The molecule has 112 valence electrons. The van der Waals surface area contributed by atoms with Crippen LogP contribution in [-0.2, 0) is 0 Å². The Bertz CT molecular complexity index is 675. The fraction of sp³-hybridized carbons (Fsp3) is 0.211. The number of nitrogens with one attached hydrogen (secondary N) is 1. The van der Waals surface area contributed by atoms with Gasteiger partial charge < -0.3 is 4.74 Å². The molecular weight excluding hydrogens is 272 g/mol. The molecule has 0 aliphatic heterocycles. The third kappa shape index (κ3) is 3.37. The van der Waals surface area contributed by atoms with Crippen molar-refractivity contribution < 1.29 is 4.74 Å². The zero-order valence-corrected chi connectivity index (χ0v) is 12.7. The second kappa shape index (κ2) is 6.94. The second-order valence-corrected chi connectivity index (χ2v) is 5.32. The van der Waals surface area contributed by atoms with Gasteiger partial charge in [-0.05, 0) is 29.7 Å². The van der Waals surface area contributed by atoms with Crippen LogP contribution in [0.15, 0.2) is 67.0 Å². The third-order valence-corrected chi connectivity index (χ3v) is 3.69. The predicted molar refractivity (Wildman–Crippen MR) is 88.7 cm³/mol. The summed E-state index contributed by atoms with van der Waals surface area (Å²) >= 11 is 0. The summed E-state index contributed by atoms with van der Waals surface area (Å²) in [6.45, 7) is 2.18. The second-order valence-electron chi connectivity index (χ2n) is 5.32. The van der Waals surface area contributed by atoms with E-state index in [9.17, 15) is 0 Å². The minimum absolute atomic E-state index is 0.103. The van der Waals surface area contributed by atoms with E-state index < -0.39 is 0 Å². The topological polar surface area (TPSA) is 37.9 Å². The summed E-state index contributed by atoms with van der Waals surface area (Å²) in [7, 11) is 0. The van der Waals surface area contributed by atoms with Crippen LogP contribution >= 0.6 is 0 Å². The van der Waals surface area contributed by atoms with Crippen molar-refractivity contribution in [2.75, 3.05) is 0 Å². The quantitative estimate of drug-likeness (QED) is 0.694. The summed E-state index contributed by atoms with van der Waals surface area (Å²) < 4.78 is 6.19. The van der Waals surface area contributed by atoms with Gasteiger partial charge in [-0.2, -0.15) is 5.10 Å². The lowest BCUT2D eigenvalue weighted by Gasteiger charge is -2.19. The fourth-order valence-electron chi connectivity index (χ4n) is 2.52. The maximum atomic E-state index is 6.19. The Balaban J connectivity index is 1.75. The zero-order valence-electron chi connectivity index (χ0n) is 12.7. The number of H-pyrrole nitrogens is 1. The lowest BCUT2D eigenvalue weighted by Crippen LogP contribution is -2.07. The Morgan fingerprint density at radius 3 is 2.41 bits per heavy atom. The van der Waals surface area contributed by atoms with Crippen molar-refractivity contribution in [2.45, 2.75) is 25.9 Å². The molecule has 0 fully saturated rings. The maximum absolute atomic E-state index is 6.19. The van der Waals surface area contributed by atoms with Crippen molar-refractivity contribution >= 4 is 0 Å². The minimum atomic E-state index is 0.103. The smallest absolute Gasteiger partial charge is 0.124 e. The third-order valence-electron chi connectivity index (χ3n) is 3.69. The van der Waals surface area contributed by atoms with Gasteiger partial charge in [0.25, 0.3) is 0 Å². The number of nitrogens with zero attached hydrogens (tertiary/aromatic N) is 1. The van der Waals surface area contributed by atoms with Crippen molar-refractivity contribution in [1.82, 2.24) is 10.2 Å². The summed E-state index contributed by atoms with van der Waals surface area (Å²) in [5, 5.41) is 6.81. The average Bonchev–Trinajstić information content (AvgIpc) is 3.10. The van der Waals surface area contributed by atoms with Crippen LogP contribution in [0.5, 0.6) is 5.75 Å². The highest BCUT2D eigenvalue weighted by molar-refractivity contribution is 5.62. The van der Waals surface area contributed by atoms with Crippen LogP contribution in [0.1, 0.15) is 31.4 Å². The molecule has 3 aromatic rings. The molecule has 0 amide bonds. The summed E-state index contributed by atoms with van der Waals surface area (Å²) in [5.41, 5.74) is 3.44. The first-order chi connectivity index (χ1) is 10.9. The van der Waals surface area contributed by atoms with Gasteiger partial charge in [-0.1, -0.05) is 55.8 Å². The molecule has 0 saturated heterocycles. The minimum Gasteiger partial charge on any atom is -0.486 e. The number of benzene rings is 2. The number of aromatic nitrogens is 2. The molecule has 3 heteroatoms. The van der Waals surface area contributed by atoms with Crippen LogP contribution in [0.2, 0.25) is 0 Å². The van der Waals surface area contributed by atoms with Gasteiger partial charge in [0.1, 0.15) is 11.9 Å². The Morgan fingerprint density at radius 1 is 1.00 bits per heavy atom. The van der Waals surface area contributed by atoms with Crippen LogP contribution in [0.25, 0.3) is 11.1 Å². The van der Waals surface area contributed by atoms with E-state index >= 15 is 0 Å². The van der Waals surface area contributed by atoms with Crippen molar-refractivity contribution in [2.24, 2.45) is 0 Å². The van der Waals surface area contributed by atoms with Crippen molar-refractivity contribution in [1.29, 1.82) is 0 Å². The van der Waals surface area contributed by atoms with E-state index in [0.29, 0.717) is 0 Å². The molecule has 0 aliphatic rings. The molecule has 0 spiro atoms. The van der Waals surface area contributed by atoms with E-state index in [4.69, 9.17) is 4.74 Å². The first-order valence-corrected chi connectivity index (χ1v) is 7.67. The molecule has 0 bridgehead atoms. The molecule has 1 heterocycles. The Hall–Kier alpha value is -2.55. The van der Waals surface area contributed by atoms with Gasteiger partial charge in [0.05, 0.1) is 6.20 Å². The highest BCUT2D eigenvalue weighted by atomic mass is 16.5. The number of ether oxygens (including phenoxy) is 1. The Morgan fingerprint density at radius 2 is 1.77 bits per heavy atom. The molecule has 0 saturated carbocycles. The molecule has 0 aliphatic carbocycles. The van der Waals surface area contributed by atoms with Gasteiger partial charge in [-0.25, -0.2) is 0 Å². The van der Waals surface area contributed by atoms with Gasteiger partial charge in [-0.3, -0.25) is 5.10 Å². The monoisotopic (exact) mass is 292 g/mol. The van der Waals surface area contributed by atoms with Crippen molar-refractivity contribution in [3.8, 4) is 16.9 Å².